The quantitative estimate of drug-likeness (QED) is 0.385. The molecule has 0 fully saturated rings. The van der Waals surface area contributed by atoms with E-state index in [1.54, 1.807) is 18.3 Å². The van der Waals surface area contributed by atoms with Crippen molar-refractivity contribution in [2.75, 3.05) is 5.32 Å². The Kier molecular flexibility index (Phi) is 6.40. The zero-order valence-electron chi connectivity index (χ0n) is 18.5. The van der Waals surface area contributed by atoms with Crippen molar-refractivity contribution in [1.82, 2.24) is 9.78 Å². The first-order chi connectivity index (χ1) is 15.5. The molecule has 0 saturated heterocycles. The summed E-state index contributed by atoms with van der Waals surface area (Å²) in [6.45, 7) is 7.20. The molecule has 6 heteroatoms. The molecule has 164 valence electrons. The molecule has 32 heavy (non-hydrogen) atoms. The number of anilines is 1. The van der Waals surface area contributed by atoms with Gasteiger partial charge in [0, 0.05) is 18.1 Å². The van der Waals surface area contributed by atoms with Gasteiger partial charge in [0.25, 0.3) is 5.91 Å². The van der Waals surface area contributed by atoms with E-state index in [9.17, 15) is 4.79 Å². The fourth-order valence-corrected chi connectivity index (χ4v) is 3.49. The molecule has 2 aromatic carbocycles. The van der Waals surface area contributed by atoms with Crippen LogP contribution in [0.5, 0.6) is 5.75 Å². The Bertz CT molecular complexity index is 1190. The number of carbonyl (C=O) groups excluding carboxylic acids is 1. The van der Waals surface area contributed by atoms with Gasteiger partial charge in [-0.05, 0) is 65.9 Å². The average molecular weight is 430 g/mol. The number of rotatable bonds is 8. The zero-order chi connectivity index (χ0) is 22.5. The topological polar surface area (TPSA) is 69.3 Å². The van der Waals surface area contributed by atoms with E-state index >= 15 is 0 Å². The molecule has 0 radical (unpaired) electrons. The van der Waals surface area contributed by atoms with Crippen LogP contribution in [-0.2, 0) is 13.2 Å². The summed E-state index contributed by atoms with van der Waals surface area (Å²) in [4.78, 5) is 12.7. The Balaban J connectivity index is 1.39. The van der Waals surface area contributed by atoms with Gasteiger partial charge in [0.05, 0.1) is 6.54 Å². The molecular weight excluding hydrogens is 402 g/mol. The molecule has 1 amide bonds. The molecule has 0 saturated carbocycles. The number of furan rings is 1. The van der Waals surface area contributed by atoms with Crippen molar-refractivity contribution < 1.29 is 13.9 Å². The maximum atomic E-state index is 12.7. The van der Waals surface area contributed by atoms with Crippen molar-refractivity contribution in [3.8, 4) is 5.75 Å². The van der Waals surface area contributed by atoms with Crippen LogP contribution in [0.1, 0.15) is 52.8 Å². The fraction of sp³-hybridized carbons (Fsp3) is 0.231. The smallest absolute Gasteiger partial charge is 0.291 e. The summed E-state index contributed by atoms with van der Waals surface area (Å²) in [6.07, 6.45) is 3.64. The van der Waals surface area contributed by atoms with Crippen molar-refractivity contribution in [3.05, 3.63) is 101 Å². The summed E-state index contributed by atoms with van der Waals surface area (Å²) in [6, 6.07) is 19.2. The van der Waals surface area contributed by atoms with Crippen molar-refractivity contribution in [1.29, 1.82) is 0 Å². The van der Waals surface area contributed by atoms with Crippen LogP contribution in [0.2, 0.25) is 0 Å². The van der Waals surface area contributed by atoms with E-state index < -0.39 is 0 Å². The van der Waals surface area contributed by atoms with E-state index in [2.05, 4.69) is 36.4 Å². The summed E-state index contributed by atoms with van der Waals surface area (Å²) < 4.78 is 13.6. The lowest BCUT2D eigenvalue weighted by Gasteiger charge is -2.14. The van der Waals surface area contributed by atoms with Crippen molar-refractivity contribution in [2.45, 2.75) is 39.8 Å². The minimum Gasteiger partial charge on any atom is -0.485 e. The third-order valence-corrected chi connectivity index (χ3v) is 5.14. The van der Waals surface area contributed by atoms with Gasteiger partial charge in [0.15, 0.2) is 5.76 Å². The number of benzene rings is 2. The van der Waals surface area contributed by atoms with Gasteiger partial charge >= 0.3 is 0 Å². The van der Waals surface area contributed by atoms with Gasteiger partial charge in [0.1, 0.15) is 18.1 Å². The summed E-state index contributed by atoms with van der Waals surface area (Å²) in [7, 11) is 0. The highest BCUT2D eigenvalue weighted by atomic mass is 16.5. The van der Waals surface area contributed by atoms with Crippen LogP contribution in [0.3, 0.4) is 0 Å². The summed E-state index contributed by atoms with van der Waals surface area (Å²) in [5, 5.41) is 7.11. The summed E-state index contributed by atoms with van der Waals surface area (Å²) >= 11 is 0. The van der Waals surface area contributed by atoms with E-state index in [4.69, 9.17) is 9.15 Å². The Morgan fingerprint density at radius 2 is 2.00 bits per heavy atom. The van der Waals surface area contributed by atoms with Crippen LogP contribution >= 0.6 is 0 Å². The average Bonchev–Trinajstić information content (AvgIpc) is 3.44. The zero-order valence-corrected chi connectivity index (χ0v) is 18.5. The van der Waals surface area contributed by atoms with Crippen LogP contribution < -0.4 is 10.1 Å². The molecule has 0 aliphatic carbocycles. The number of ether oxygens (including phenoxy) is 1. The predicted molar refractivity (Wildman–Crippen MR) is 124 cm³/mol. The van der Waals surface area contributed by atoms with Crippen LogP contribution in [0.15, 0.2) is 77.5 Å². The highest BCUT2D eigenvalue weighted by molar-refractivity contribution is 6.02. The first-order valence-corrected chi connectivity index (χ1v) is 10.7. The minimum absolute atomic E-state index is 0.245. The van der Waals surface area contributed by atoms with Gasteiger partial charge in [-0.3, -0.25) is 9.48 Å². The normalized spacial score (nSPS) is 11.0. The molecule has 0 atom stereocenters. The lowest BCUT2D eigenvalue weighted by Crippen LogP contribution is -2.11. The monoisotopic (exact) mass is 429 g/mol. The Morgan fingerprint density at radius 3 is 2.78 bits per heavy atom. The standard InChI is InChI=1S/C26H27N3O3/c1-18(2)23-10-8-19(3)14-25(23)31-17-22-9-11-24(32-22)26(30)28-21-7-4-6-20(15-21)16-29-13-5-12-27-29/h4-15,18H,16-17H2,1-3H3,(H,28,30). The molecule has 0 spiro atoms. The highest BCUT2D eigenvalue weighted by Crippen LogP contribution is 2.28. The third-order valence-electron chi connectivity index (χ3n) is 5.14. The second kappa shape index (κ2) is 9.56. The molecule has 6 nitrogen and oxygen atoms in total. The highest BCUT2D eigenvalue weighted by Gasteiger charge is 2.14. The number of nitrogens with one attached hydrogen (secondary N) is 1. The summed E-state index contributed by atoms with van der Waals surface area (Å²) in [5.41, 5.74) is 4.03. The van der Waals surface area contributed by atoms with Gasteiger partial charge < -0.3 is 14.5 Å². The first-order valence-electron chi connectivity index (χ1n) is 10.7. The minimum atomic E-state index is -0.300. The Labute approximate surface area is 187 Å². The van der Waals surface area contributed by atoms with Crippen molar-refractivity contribution in [3.63, 3.8) is 0 Å². The Hall–Kier alpha value is -3.80. The van der Waals surface area contributed by atoms with E-state index in [0.717, 1.165) is 22.4 Å². The van der Waals surface area contributed by atoms with Gasteiger partial charge in [0.2, 0.25) is 0 Å². The second-order valence-corrected chi connectivity index (χ2v) is 8.11. The van der Waals surface area contributed by atoms with E-state index in [1.807, 2.05) is 54.2 Å². The molecule has 1 N–H and O–H groups in total. The molecule has 0 aliphatic heterocycles. The molecule has 2 heterocycles. The fourth-order valence-electron chi connectivity index (χ4n) is 3.49. The second-order valence-electron chi connectivity index (χ2n) is 8.11. The lowest BCUT2D eigenvalue weighted by atomic mass is 10.0. The van der Waals surface area contributed by atoms with E-state index in [0.29, 0.717) is 23.9 Å². The van der Waals surface area contributed by atoms with Crippen LogP contribution in [0.4, 0.5) is 5.69 Å². The van der Waals surface area contributed by atoms with E-state index in [1.165, 1.54) is 0 Å². The SMILES string of the molecule is Cc1ccc(C(C)C)c(OCc2ccc(C(=O)Nc3cccc(Cn4cccn4)c3)o2)c1. The Morgan fingerprint density at radius 1 is 1.12 bits per heavy atom. The number of amides is 1. The number of aryl methyl sites for hydroxylation is 1. The van der Waals surface area contributed by atoms with Crippen LogP contribution in [-0.4, -0.2) is 15.7 Å². The summed E-state index contributed by atoms with van der Waals surface area (Å²) in [5.74, 6) is 1.74. The van der Waals surface area contributed by atoms with E-state index in [-0.39, 0.29) is 18.3 Å². The first kappa shape index (κ1) is 21.4. The number of nitrogens with zero attached hydrogens (tertiary/aromatic N) is 2. The third kappa shape index (κ3) is 5.27. The molecule has 2 aromatic heterocycles. The number of carbonyl (C=O) groups is 1. The molecular formula is C26H27N3O3. The molecule has 0 aliphatic rings. The van der Waals surface area contributed by atoms with Crippen LogP contribution in [0.25, 0.3) is 0 Å². The maximum absolute atomic E-state index is 12.7. The molecule has 4 rings (SSSR count). The number of hydrogen-bond acceptors (Lipinski definition) is 4. The van der Waals surface area contributed by atoms with Crippen molar-refractivity contribution in [2.24, 2.45) is 0 Å². The largest absolute Gasteiger partial charge is 0.485 e. The maximum Gasteiger partial charge on any atom is 0.291 e. The van der Waals surface area contributed by atoms with Gasteiger partial charge in [-0.1, -0.05) is 38.1 Å². The van der Waals surface area contributed by atoms with Crippen LogP contribution in [0, 0.1) is 6.92 Å². The number of hydrogen-bond donors (Lipinski definition) is 1. The lowest BCUT2D eigenvalue weighted by molar-refractivity contribution is 0.0992. The van der Waals surface area contributed by atoms with Crippen molar-refractivity contribution >= 4 is 11.6 Å². The van der Waals surface area contributed by atoms with Gasteiger partial charge in [-0.15, -0.1) is 0 Å². The molecule has 4 aromatic rings. The molecule has 0 bridgehead atoms. The molecule has 0 unspecified atom stereocenters. The predicted octanol–water partition coefficient (Wildman–Crippen LogP) is 5.79. The van der Waals surface area contributed by atoms with Gasteiger partial charge in [-0.2, -0.15) is 5.10 Å². The number of aromatic nitrogens is 2. The van der Waals surface area contributed by atoms with Gasteiger partial charge in [-0.25, -0.2) is 0 Å².